The SMILES string of the molecule is CCCc1cc(C(=O)CO)ccc1Oc1cccc(Br)c1. The van der Waals surface area contributed by atoms with Crippen molar-refractivity contribution in [3.8, 4) is 11.5 Å². The lowest BCUT2D eigenvalue weighted by molar-refractivity contribution is 0.0903. The number of aliphatic hydroxyl groups excluding tert-OH is 1. The van der Waals surface area contributed by atoms with E-state index < -0.39 is 6.61 Å². The maximum Gasteiger partial charge on any atom is 0.188 e. The van der Waals surface area contributed by atoms with Gasteiger partial charge in [0, 0.05) is 10.0 Å². The van der Waals surface area contributed by atoms with Gasteiger partial charge in [0.2, 0.25) is 0 Å². The molecule has 2 aromatic rings. The first kappa shape index (κ1) is 15.7. The minimum Gasteiger partial charge on any atom is -0.457 e. The summed E-state index contributed by atoms with van der Waals surface area (Å²) in [7, 11) is 0. The van der Waals surface area contributed by atoms with E-state index >= 15 is 0 Å². The summed E-state index contributed by atoms with van der Waals surface area (Å²) in [6.07, 6.45) is 1.77. The number of hydrogen-bond acceptors (Lipinski definition) is 3. The van der Waals surface area contributed by atoms with Crippen molar-refractivity contribution in [2.75, 3.05) is 6.61 Å². The van der Waals surface area contributed by atoms with Gasteiger partial charge >= 0.3 is 0 Å². The molecule has 0 radical (unpaired) electrons. The molecule has 2 aromatic carbocycles. The average Bonchev–Trinajstić information content (AvgIpc) is 2.48. The van der Waals surface area contributed by atoms with Gasteiger partial charge in [-0.25, -0.2) is 0 Å². The van der Waals surface area contributed by atoms with Gasteiger partial charge in [0.25, 0.3) is 0 Å². The van der Waals surface area contributed by atoms with Crippen LogP contribution >= 0.6 is 15.9 Å². The first-order valence-corrected chi connectivity index (χ1v) is 7.63. The van der Waals surface area contributed by atoms with Crippen LogP contribution in [0.3, 0.4) is 0 Å². The maximum absolute atomic E-state index is 11.6. The average molecular weight is 349 g/mol. The summed E-state index contributed by atoms with van der Waals surface area (Å²) < 4.78 is 6.86. The van der Waals surface area contributed by atoms with Gasteiger partial charge in [0.1, 0.15) is 18.1 Å². The van der Waals surface area contributed by atoms with E-state index in [4.69, 9.17) is 9.84 Å². The highest BCUT2D eigenvalue weighted by atomic mass is 79.9. The summed E-state index contributed by atoms with van der Waals surface area (Å²) >= 11 is 3.41. The van der Waals surface area contributed by atoms with Crippen molar-refractivity contribution in [1.82, 2.24) is 0 Å². The molecule has 0 spiro atoms. The molecule has 0 aliphatic rings. The zero-order valence-corrected chi connectivity index (χ0v) is 13.4. The van der Waals surface area contributed by atoms with E-state index in [1.54, 1.807) is 18.2 Å². The molecule has 0 heterocycles. The molecule has 0 saturated heterocycles. The van der Waals surface area contributed by atoms with Crippen molar-refractivity contribution < 1.29 is 14.6 Å². The van der Waals surface area contributed by atoms with E-state index in [1.807, 2.05) is 24.3 Å². The number of aryl methyl sites for hydroxylation is 1. The maximum atomic E-state index is 11.6. The Bertz CT molecular complexity index is 638. The zero-order chi connectivity index (χ0) is 15.2. The molecule has 0 fully saturated rings. The Morgan fingerprint density at radius 2 is 2.05 bits per heavy atom. The Hall–Kier alpha value is -1.65. The zero-order valence-electron chi connectivity index (χ0n) is 11.8. The number of Topliss-reactive ketones (excluding diaryl/α,β-unsaturated/α-hetero) is 1. The molecular weight excluding hydrogens is 332 g/mol. The lowest BCUT2D eigenvalue weighted by atomic mass is 10.0. The minimum atomic E-state index is -0.475. The first-order chi connectivity index (χ1) is 10.1. The minimum absolute atomic E-state index is 0.277. The fraction of sp³-hybridized carbons (Fsp3) is 0.235. The van der Waals surface area contributed by atoms with E-state index in [0.717, 1.165) is 34.4 Å². The number of benzene rings is 2. The number of carbonyl (C=O) groups is 1. The summed E-state index contributed by atoms with van der Waals surface area (Å²) in [4.78, 5) is 11.6. The Kier molecular flexibility index (Phi) is 5.53. The second-order valence-electron chi connectivity index (χ2n) is 4.71. The van der Waals surface area contributed by atoms with Crippen molar-refractivity contribution in [3.05, 3.63) is 58.1 Å². The van der Waals surface area contributed by atoms with Gasteiger partial charge < -0.3 is 9.84 Å². The van der Waals surface area contributed by atoms with Crippen LogP contribution in [0.4, 0.5) is 0 Å². The van der Waals surface area contributed by atoms with Gasteiger partial charge in [-0.15, -0.1) is 0 Å². The van der Waals surface area contributed by atoms with E-state index in [-0.39, 0.29) is 5.78 Å². The molecule has 1 N–H and O–H groups in total. The summed E-state index contributed by atoms with van der Waals surface area (Å²) in [6.45, 7) is 1.60. The monoisotopic (exact) mass is 348 g/mol. The van der Waals surface area contributed by atoms with Gasteiger partial charge in [0.15, 0.2) is 5.78 Å². The second-order valence-corrected chi connectivity index (χ2v) is 5.63. The number of halogens is 1. The first-order valence-electron chi connectivity index (χ1n) is 6.84. The third-order valence-electron chi connectivity index (χ3n) is 3.07. The van der Waals surface area contributed by atoms with Crippen LogP contribution in [0.5, 0.6) is 11.5 Å². The third-order valence-corrected chi connectivity index (χ3v) is 3.56. The quantitative estimate of drug-likeness (QED) is 0.788. The van der Waals surface area contributed by atoms with Crippen molar-refractivity contribution in [3.63, 3.8) is 0 Å². The molecular formula is C17H17BrO3. The molecule has 0 aromatic heterocycles. The third kappa shape index (κ3) is 4.16. The molecule has 0 unspecified atom stereocenters. The van der Waals surface area contributed by atoms with Crippen LogP contribution in [-0.4, -0.2) is 17.5 Å². The van der Waals surface area contributed by atoms with Crippen LogP contribution in [-0.2, 0) is 6.42 Å². The largest absolute Gasteiger partial charge is 0.457 e. The fourth-order valence-corrected chi connectivity index (χ4v) is 2.44. The van der Waals surface area contributed by atoms with Crippen molar-refractivity contribution in [1.29, 1.82) is 0 Å². The molecule has 2 rings (SSSR count). The number of rotatable bonds is 6. The number of hydrogen-bond donors (Lipinski definition) is 1. The molecule has 0 saturated carbocycles. The number of aliphatic hydroxyl groups is 1. The highest BCUT2D eigenvalue weighted by molar-refractivity contribution is 9.10. The highest BCUT2D eigenvalue weighted by Gasteiger charge is 2.10. The van der Waals surface area contributed by atoms with Gasteiger partial charge in [-0.05, 0) is 48.4 Å². The standard InChI is InChI=1S/C17H17BrO3/c1-2-4-13-9-12(16(20)11-19)7-8-17(13)21-15-6-3-5-14(18)10-15/h3,5-10,19H,2,4,11H2,1H3. The molecule has 0 aliphatic heterocycles. The number of ketones is 1. The van der Waals surface area contributed by atoms with Gasteiger partial charge in [-0.2, -0.15) is 0 Å². The number of ether oxygens (including phenoxy) is 1. The predicted molar refractivity (Wildman–Crippen MR) is 86.1 cm³/mol. The Morgan fingerprint density at radius 3 is 2.71 bits per heavy atom. The van der Waals surface area contributed by atoms with E-state index in [1.165, 1.54) is 0 Å². The fourth-order valence-electron chi connectivity index (χ4n) is 2.07. The Labute approximate surface area is 132 Å². The lowest BCUT2D eigenvalue weighted by Gasteiger charge is -2.12. The summed E-state index contributed by atoms with van der Waals surface area (Å²) in [6, 6.07) is 12.9. The molecule has 110 valence electrons. The summed E-state index contributed by atoms with van der Waals surface area (Å²) in [5, 5.41) is 8.96. The van der Waals surface area contributed by atoms with Crippen LogP contribution in [0.25, 0.3) is 0 Å². The number of carbonyl (C=O) groups excluding carboxylic acids is 1. The molecule has 3 nitrogen and oxygen atoms in total. The molecule has 0 bridgehead atoms. The lowest BCUT2D eigenvalue weighted by Crippen LogP contribution is -2.05. The van der Waals surface area contributed by atoms with Crippen LogP contribution < -0.4 is 4.74 Å². The molecule has 0 aliphatic carbocycles. The highest BCUT2D eigenvalue weighted by Crippen LogP contribution is 2.29. The molecule has 4 heteroatoms. The molecule has 0 amide bonds. The summed E-state index contributed by atoms with van der Waals surface area (Å²) in [5.41, 5.74) is 1.49. The van der Waals surface area contributed by atoms with Crippen LogP contribution in [0.2, 0.25) is 0 Å². The topological polar surface area (TPSA) is 46.5 Å². The van der Waals surface area contributed by atoms with Crippen LogP contribution in [0, 0.1) is 0 Å². The van der Waals surface area contributed by atoms with Crippen LogP contribution in [0.15, 0.2) is 46.9 Å². The van der Waals surface area contributed by atoms with Crippen molar-refractivity contribution >= 4 is 21.7 Å². The van der Waals surface area contributed by atoms with Gasteiger partial charge in [0.05, 0.1) is 0 Å². The summed E-state index contributed by atoms with van der Waals surface area (Å²) in [5.74, 6) is 1.20. The molecule has 0 atom stereocenters. The Morgan fingerprint density at radius 1 is 1.24 bits per heavy atom. The van der Waals surface area contributed by atoms with Crippen molar-refractivity contribution in [2.45, 2.75) is 19.8 Å². The Balaban J connectivity index is 2.31. The van der Waals surface area contributed by atoms with Crippen molar-refractivity contribution in [2.24, 2.45) is 0 Å². The van der Waals surface area contributed by atoms with Gasteiger partial charge in [-0.3, -0.25) is 4.79 Å². The van der Waals surface area contributed by atoms with E-state index in [0.29, 0.717) is 5.56 Å². The van der Waals surface area contributed by atoms with E-state index in [2.05, 4.69) is 22.9 Å². The van der Waals surface area contributed by atoms with Crippen LogP contribution in [0.1, 0.15) is 29.3 Å². The predicted octanol–water partition coefficient (Wildman–Crippen LogP) is 4.37. The van der Waals surface area contributed by atoms with E-state index in [9.17, 15) is 4.79 Å². The molecule has 21 heavy (non-hydrogen) atoms. The normalized spacial score (nSPS) is 10.4. The smallest absolute Gasteiger partial charge is 0.188 e. The second kappa shape index (κ2) is 7.38. The van der Waals surface area contributed by atoms with Gasteiger partial charge in [-0.1, -0.05) is 35.3 Å².